The van der Waals surface area contributed by atoms with E-state index < -0.39 is 0 Å². The Labute approximate surface area is 121 Å². The van der Waals surface area contributed by atoms with Gasteiger partial charge in [0.15, 0.2) is 0 Å². The third-order valence-corrected chi connectivity index (χ3v) is 4.05. The molecule has 1 aliphatic rings. The molecule has 1 fully saturated rings. The summed E-state index contributed by atoms with van der Waals surface area (Å²) in [5.41, 5.74) is 2.09. The van der Waals surface area contributed by atoms with Crippen molar-refractivity contribution in [3.8, 4) is 6.07 Å². The van der Waals surface area contributed by atoms with Gasteiger partial charge in [0, 0.05) is 37.4 Å². The molecular formula is C15H25N5. The molecule has 5 nitrogen and oxygen atoms in total. The number of piperazine rings is 1. The van der Waals surface area contributed by atoms with Gasteiger partial charge in [-0.1, -0.05) is 0 Å². The average Bonchev–Trinajstić information content (AvgIpc) is 2.69. The van der Waals surface area contributed by atoms with Crippen LogP contribution in [0.3, 0.4) is 0 Å². The average molecular weight is 275 g/mol. The van der Waals surface area contributed by atoms with Gasteiger partial charge in [0.2, 0.25) is 0 Å². The highest BCUT2D eigenvalue weighted by atomic mass is 15.3. The molecule has 1 N–H and O–H groups in total. The third-order valence-electron chi connectivity index (χ3n) is 4.05. The molecule has 0 aromatic carbocycles. The summed E-state index contributed by atoms with van der Waals surface area (Å²) in [6.45, 7) is 14.5. The van der Waals surface area contributed by atoms with Crippen LogP contribution in [0.4, 0.5) is 0 Å². The minimum absolute atomic E-state index is 0.201. The number of aryl methyl sites for hydroxylation is 2. The van der Waals surface area contributed by atoms with E-state index in [2.05, 4.69) is 46.6 Å². The number of H-pyrrole nitrogens is 1. The molecule has 5 heteroatoms. The Kier molecular flexibility index (Phi) is 4.17. The monoisotopic (exact) mass is 275 g/mol. The second kappa shape index (κ2) is 5.55. The molecule has 0 saturated carbocycles. The summed E-state index contributed by atoms with van der Waals surface area (Å²) in [5.74, 6) is 0.881. The van der Waals surface area contributed by atoms with E-state index in [9.17, 15) is 5.26 Å². The Morgan fingerprint density at radius 1 is 1.20 bits per heavy atom. The van der Waals surface area contributed by atoms with E-state index in [0.29, 0.717) is 0 Å². The second-order valence-corrected chi connectivity index (χ2v) is 6.56. The standard InChI is InChI=1S/C15H25N5/c1-11-14(18-12(2)17-11)13(10-16)19-6-8-20(9-7-19)15(3,4)5/h13H,6-9H2,1-5H3,(H,17,18). The maximum Gasteiger partial charge on any atom is 0.142 e. The Hall–Kier alpha value is -1.38. The van der Waals surface area contributed by atoms with E-state index in [-0.39, 0.29) is 11.6 Å². The molecule has 110 valence electrons. The lowest BCUT2D eigenvalue weighted by molar-refractivity contribution is 0.0512. The molecule has 0 amide bonds. The van der Waals surface area contributed by atoms with Gasteiger partial charge in [-0.15, -0.1) is 0 Å². The van der Waals surface area contributed by atoms with Crippen LogP contribution in [0.1, 0.15) is 44.0 Å². The van der Waals surface area contributed by atoms with Crippen LogP contribution in [0.25, 0.3) is 0 Å². The number of imidazole rings is 1. The highest BCUT2D eigenvalue weighted by molar-refractivity contribution is 5.22. The van der Waals surface area contributed by atoms with Gasteiger partial charge in [-0.05, 0) is 34.6 Å². The Morgan fingerprint density at radius 3 is 2.20 bits per heavy atom. The molecular weight excluding hydrogens is 250 g/mol. The van der Waals surface area contributed by atoms with Crippen molar-refractivity contribution >= 4 is 0 Å². The Balaban J connectivity index is 2.09. The van der Waals surface area contributed by atoms with Crippen molar-refractivity contribution in [2.75, 3.05) is 26.2 Å². The number of hydrogen-bond donors (Lipinski definition) is 1. The summed E-state index contributed by atoms with van der Waals surface area (Å²) in [7, 11) is 0. The molecule has 2 rings (SSSR count). The largest absolute Gasteiger partial charge is 0.346 e. The van der Waals surface area contributed by atoms with Gasteiger partial charge in [0.1, 0.15) is 11.9 Å². The van der Waals surface area contributed by atoms with Gasteiger partial charge in [-0.3, -0.25) is 9.80 Å². The van der Waals surface area contributed by atoms with Gasteiger partial charge in [-0.25, -0.2) is 4.98 Å². The molecule has 1 aromatic rings. The number of nitrogens with zero attached hydrogens (tertiary/aromatic N) is 4. The zero-order chi connectivity index (χ0) is 14.9. The summed E-state index contributed by atoms with van der Waals surface area (Å²) in [5, 5.41) is 9.53. The quantitative estimate of drug-likeness (QED) is 0.897. The van der Waals surface area contributed by atoms with Gasteiger partial charge in [0.25, 0.3) is 0 Å². The molecule has 0 spiro atoms. The first-order valence-electron chi connectivity index (χ1n) is 7.24. The van der Waals surface area contributed by atoms with Crippen molar-refractivity contribution in [3.63, 3.8) is 0 Å². The topological polar surface area (TPSA) is 59.0 Å². The fourth-order valence-electron chi connectivity index (χ4n) is 2.86. The predicted molar refractivity (Wildman–Crippen MR) is 79.3 cm³/mol. The van der Waals surface area contributed by atoms with Crippen LogP contribution < -0.4 is 0 Å². The van der Waals surface area contributed by atoms with E-state index >= 15 is 0 Å². The van der Waals surface area contributed by atoms with Crippen LogP contribution in [0.5, 0.6) is 0 Å². The summed E-state index contributed by atoms with van der Waals surface area (Å²) < 4.78 is 0. The van der Waals surface area contributed by atoms with Crippen LogP contribution in [-0.2, 0) is 0 Å². The van der Waals surface area contributed by atoms with Crippen LogP contribution in [-0.4, -0.2) is 51.5 Å². The van der Waals surface area contributed by atoms with Crippen LogP contribution in [0.15, 0.2) is 0 Å². The lowest BCUT2D eigenvalue weighted by Gasteiger charge is -2.43. The normalized spacial score (nSPS) is 19.8. The summed E-state index contributed by atoms with van der Waals surface area (Å²) >= 11 is 0. The van der Waals surface area contributed by atoms with Crippen molar-refractivity contribution < 1.29 is 0 Å². The number of nitriles is 1. The lowest BCUT2D eigenvalue weighted by atomic mass is 10.0. The molecule has 1 aromatic heterocycles. The SMILES string of the molecule is Cc1nc(C(C#N)N2CCN(C(C)(C)C)CC2)c(C)[nH]1. The number of hydrogen-bond acceptors (Lipinski definition) is 4. The summed E-state index contributed by atoms with van der Waals surface area (Å²) in [4.78, 5) is 12.4. The number of aromatic nitrogens is 2. The first-order valence-corrected chi connectivity index (χ1v) is 7.24. The second-order valence-electron chi connectivity index (χ2n) is 6.56. The number of nitrogens with one attached hydrogen (secondary N) is 1. The van der Waals surface area contributed by atoms with E-state index in [1.807, 2.05) is 13.8 Å². The van der Waals surface area contributed by atoms with Crippen molar-refractivity contribution in [2.45, 2.75) is 46.2 Å². The minimum Gasteiger partial charge on any atom is -0.346 e. The van der Waals surface area contributed by atoms with Crippen LogP contribution >= 0.6 is 0 Å². The van der Waals surface area contributed by atoms with Gasteiger partial charge < -0.3 is 4.98 Å². The fraction of sp³-hybridized carbons (Fsp3) is 0.733. The van der Waals surface area contributed by atoms with Crippen molar-refractivity contribution in [1.29, 1.82) is 5.26 Å². The maximum atomic E-state index is 9.53. The maximum absolute atomic E-state index is 9.53. The third kappa shape index (κ3) is 3.02. The van der Waals surface area contributed by atoms with E-state index in [0.717, 1.165) is 43.4 Å². The smallest absolute Gasteiger partial charge is 0.142 e. The van der Waals surface area contributed by atoms with Crippen molar-refractivity contribution in [3.05, 3.63) is 17.2 Å². The summed E-state index contributed by atoms with van der Waals surface area (Å²) in [6, 6.07) is 2.19. The summed E-state index contributed by atoms with van der Waals surface area (Å²) in [6.07, 6.45) is 0. The molecule has 0 aliphatic carbocycles. The van der Waals surface area contributed by atoms with Crippen LogP contribution in [0.2, 0.25) is 0 Å². The number of aromatic amines is 1. The van der Waals surface area contributed by atoms with Crippen molar-refractivity contribution in [2.24, 2.45) is 0 Å². The predicted octanol–water partition coefficient (Wildman–Crippen LogP) is 2.01. The zero-order valence-electron chi connectivity index (χ0n) is 13.2. The van der Waals surface area contributed by atoms with Gasteiger partial charge in [0.05, 0.1) is 11.8 Å². The molecule has 0 bridgehead atoms. The molecule has 1 unspecified atom stereocenters. The van der Waals surface area contributed by atoms with Gasteiger partial charge in [-0.2, -0.15) is 5.26 Å². The molecule has 0 radical (unpaired) electrons. The zero-order valence-corrected chi connectivity index (χ0v) is 13.2. The Morgan fingerprint density at radius 2 is 1.80 bits per heavy atom. The molecule has 1 saturated heterocycles. The highest BCUT2D eigenvalue weighted by Gasteiger charge is 2.31. The van der Waals surface area contributed by atoms with Crippen LogP contribution in [0, 0.1) is 25.2 Å². The molecule has 20 heavy (non-hydrogen) atoms. The first kappa shape index (κ1) is 15.0. The molecule has 2 heterocycles. The Bertz CT molecular complexity index is 497. The van der Waals surface area contributed by atoms with Crippen molar-refractivity contribution in [1.82, 2.24) is 19.8 Å². The van der Waals surface area contributed by atoms with E-state index in [1.54, 1.807) is 0 Å². The minimum atomic E-state index is -0.234. The molecule has 1 atom stereocenters. The lowest BCUT2D eigenvalue weighted by Crippen LogP contribution is -2.53. The van der Waals surface area contributed by atoms with E-state index in [1.165, 1.54) is 0 Å². The van der Waals surface area contributed by atoms with Gasteiger partial charge >= 0.3 is 0 Å². The highest BCUT2D eigenvalue weighted by Crippen LogP contribution is 2.24. The number of rotatable bonds is 2. The fourth-order valence-corrected chi connectivity index (χ4v) is 2.86. The first-order chi connectivity index (χ1) is 9.32. The molecule has 1 aliphatic heterocycles. The van der Waals surface area contributed by atoms with E-state index in [4.69, 9.17) is 0 Å².